The average molecular weight is 304 g/mol. The van der Waals surface area contributed by atoms with Crippen LogP contribution in [0.25, 0.3) is 0 Å². The molecule has 3 nitrogen and oxygen atoms in total. The summed E-state index contributed by atoms with van der Waals surface area (Å²) in [6.07, 6.45) is 10.6. The van der Waals surface area contributed by atoms with Crippen LogP contribution in [-0.4, -0.2) is 29.6 Å². The highest BCUT2D eigenvalue weighted by atomic mass is 16.2. The van der Waals surface area contributed by atoms with Crippen molar-refractivity contribution in [2.75, 3.05) is 6.54 Å². The van der Waals surface area contributed by atoms with Crippen LogP contribution in [0, 0.1) is 29.6 Å². The van der Waals surface area contributed by atoms with E-state index in [1.807, 2.05) is 0 Å². The minimum atomic E-state index is 0.251. The Morgan fingerprint density at radius 3 is 2.14 bits per heavy atom. The third-order valence-electron chi connectivity index (χ3n) is 6.71. The molecule has 22 heavy (non-hydrogen) atoms. The fraction of sp³-hybridized carbons (Fsp3) is 0.947. The van der Waals surface area contributed by atoms with Crippen LogP contribution in [0.2, 0.25) is 0 Å². The van der Waals surface area contributed by atoms with Crippen molar-refractivity contribution in [3.63, 3.8) is 0 Å². The highest BCUT2D eigenvalue weighted by Gasteiger charge is 2.49. The highest BCUT2D eigenvalue weighted by Crippen LogP contribution is 2.53. The number of hydrogen-bond acceptors (Lipinski definition) is 1. The molecule has 2 amide bonds. The molecule has 124 valence electrons. The summed E-state index contributed by atoms with van der Waals surface area (Å²) in [6, 6.07) is 1.27. The number of nitrogens with one attached hydrogen (secondary N) is 1. The van der Waals surface area contributed by atoms with Gasteiger partial charge in [0, 0.05) is 18.6 Å². The molecule has 0 aromatic heterocycles. The number of amides is 2. The summed E-state index contributed by atoms with van der Waals surface area (Å²) in [5.41, 5.74) is 0. The van der Waals surface area contributed by atoms with Crippen molar-refractivity contribution in [1.82, 2.24) is 10.2 Å². The SMILES string of the molecule is CC(C)CCN(C(=O)NC1C2CC3CC(C2)CC1C3)C1CC1. The van der Waals surface area contributed by atoms with E-state index >= 15 is 0 Å². The van der Waals surface area contributed by atoms with Crippen molar-refractivity contribution < 1.29 is 4.79 Å². The van der Waals surface area contributed by atoms with E-state index in [1.165, 1.54) is 44.9 Å². The molecule has 5 saturated carbocycles. The second-order valence-corrected chi connectivity index (χ2v) is 9.01. The zero-order valence-electron chi connectivity index (χ0n) is 14.3. The van der Waals surface area contributed by atoms with E-state index in [4.69, 9.17) is 0 Å². The minimum Gasteiger partial charge on any atom is -0.335 e. The molecular formula is C19H32N2O. The van der Waals surface area contributed by atoms with Gasteiger partial charge in [-0.3, -0.25) is 0 Å². The first-order chi connectivity index (χ1) is 10.6. The molecule has 0 unspecified atom stereocenters. The zero-order valence-corrected chi connectivity index (χ0v) is 14.3. The average Bonchev–Trinajstić information content (AvgIpc) is 3.26. The summed E-state index contributed by atoms with van der Waals surface area (Å²) in [4.78, 5) is 15.0. The van der Waals surface area contributed by atoms with E-state index in [-0.39, 0.29) is 6.03 Å². The predicted molar refractivity (Wildman–Crippen MR) is 88.5 cm³/mol. The fourth-order valence-corrected chi connectivity index (χ4v) is 5.62. The summed E-state index contributed by atoms with van der Waals surface area (Å²) >= 11 is 0. The number of carbonyl (C=O) groups is 1. The summed E-state index contributed by atoms with van der Waals surface area (Å²) < 4.78 is 0. The Labute approximate surface area is 135 Å². The van der Waals surface area contributed by atoms with E-state index in [0.717, 1.165) is 36.6 Å². The lowest BCUT2D eigenvalue weighted by atomic mass is 9.54. The van der Waals surface area contributed by atoms with Crippen LogP contribution in [0.1, 0.15) is 65.2 Å². The molecule has 0 aromatic rings. The second-order valence-electron chi connectivity index (χ2n) is 9.01. The maximum atomic E-state index is 12.8. The number of carbonyl (C=O) groups excluding carboxylic acids is 1. The number of urea groups is 1. The molecule has 0 atom stereocenters. The molecule has 3 heteroatoms. The Morgan fingerprint density at radius 1 is 1.05 bits per heavy atom. The maximum Gasteiger partial charge on any atom is 0.317 e. The molecular weight excluding hydrogens is 272 g/mol. The van der Waals surface area contributed by atoms with E-state index in [9.17, 15) is 4.79 Å². The van der Waals surface area contributed by atoms with Gasteiger partial charge in [0.25, 0.3) is 0 Å². The number of nitrogens with zero attached hydrogens (tertiary/aromatic N) is 1. The molecule has 1 N–H and O–H groups in total. The quantitative estimate of drug-likeness (QED) is 0.817. The van der Waals surface area contributed by atoms with E-state index in [1.54, 1.807) is 0 Å². The molecule has 4 bridgehead atoms. The lowest BCUT2D eigenvalue weighted by molar-refractivity contribution is -0.0111. The second kappa shape index (κ2) is 5.72. The molecule has 5 aliphatic rings. The first-order valence-corrected chi connectivity index (χ1v) is 9.67. The minimum absolute atomic E-state index is 0.251. The van der Waals surface area contributed by atoms with E-state index < -0.39 is 0 Å². The van der Waals surface area contributed by atoms with Crippen LogP contribution in [-0.2, 0) is 0 Å². The van der Waals surface area contributed by atoms with Crippen LogP contribution < -0.4 is 5.32 Å². The molecule has 0 radical (unpaired) electrons. The van der Waals surface area contributed by atoms with Crippen LogP contribution in [0.4, 0.5) is 4.79 Å². The molecule has 0 aromatic carbocycles. The molecule has 0 spiro atoms. The Morgan fingerprint density at radius 2 is 1.64 bits per heavy atom. The van der Waals surface area contributed by atoms with Gasteiger partial charge in [-0.15, -0.1) is 0 Å². The van der Waals surface area contributed by atoms with Gasteiger partial charge in [0.1, 0.15) is 0 Å². The van der Waals surface area contributed by atoms with Crippen molar-refractivity contribution in [3.05, 3.63) is 0 Å². The van der Waals surface area contributed by atoms with E-state index in [0.29, 0.717) is 18.0 Å². The van der Waals surface area contributed by atoms with Gasteiger partial charge in [-0.25, -0.2) is 4.79 Å². The highest BCUT2D eigenvalue weighted by molar-refractivity contribution is 5.75. The smallest absolute Gasteiger partial charge is 0.317 e. The predicted octanol–water partition coefficient (Wildman–Crippen LogP) is 4.03. The van der Waals surface area contributed by atoms with Gasteiger partial charge in [0.2, 0.25) is 0 Å². The van der Waals surface area contributed by atoms with Crippen LogP contribution in [0.3, 0.4) is 0 Å². The van der Waals surface area contributed by atoms with Gasteiger partial charge in [0.05, 0.1) is 0 Å². The molecule has 0 saturated heterocycles. The Hall–Kier alpha value is -0.730. The van der Waals surface area contributed by atoms with Crippen molar-refractivity contribution in [3.8, 4) is 0 Å². The first kappa shape index (κ1) is 14.8. The van der Waals surface area contributed by atoms with Crippen molar-refractivity contribution in [2.45, 2.75) is 77.3 Å². The topological polar surface area (TPSA) is 32.3 Å². The number of hydrogen-bond donors (Lipinski definition) is 1. The normalized spacial score (nSPS) is 39.3. The third-order valence-corrected chi connectivity index (χ3v) is 6.71. The summed E-state index contributed by atoms with van der Waals surface area (Å²) in [5.74, 6) is 4.21. The van der Waals surface area contributed by atoms with Gasteiger partial charge in [-0.05, 0) is 81.0 Å². The Kier molecular flexibility index (Phi) is 3.86. The van der Waals surface area contributed by atoms with Gasteiger partial charge in [-0.2, -0.15) is 0 Å². The number of rotatable bonds is 5. The molecule has 0 heterocycles. The summed E-state index contributed by atoms with van der Waals surface area (Å²) in [7, 11) is 0. The monoisotopic (exact) mass is 304 g/mol. The summed E-state index contributed by atoms with van der Waals surface area (Å²) in [6.45, 7) is 5.45. The van der Waals surface area contributed by atoms with Crippen molar-refractivity contribution in [2.24, 2.45) is 29.6 Å². The first-order valence-electron chi connectivity index (χ1n) is 9.67. The standard InChI is InChI=1S/C19H32N2O/c1-12(2)5-6-21(17-3-4-17)19(22)20-18-15-8-13-7-14(10-15)11-16(18)9-13/h12-18H,3-11H2,1-2H3,(H,20,22). The maximum absolute atomic E-state index is 12.8. The Balaban J connectivity index is 1.38. The third kappa shape index (κ3) is 2.88. The summed E-state index contributed by atoms with van der Waals surface area (Å²) in [5, 5.41) is 3.49. The Bertz CT molecular complexity index is 401. The fourth-order valence-electron chi connectivity index (χ4n) is 5.62. The van der Waals surface area contributed by atoms with E-state index in [2.05, 4.69) is 24.1 Å². The van der Waals surface area contributed by atoms with Crippen molar-refractivity contribution in [1.29, 1.82) is 0 Å². The van der Waals surface area contributed by atoms with Crippen LogP contribution in [0.15, 0.2) is 0 Å². The molecule has 0 aliphatic heterocycles. The van der Waals surface area contributed by atoms with Crippen LogP contribution in [0.5, 0.6) is 0 Å². The molecule has 5 aliphatic carbocycles. The lowest BCUT2D eigenvalue weighted by Crippen LogP contribution is -2.58. The van der Waals surface area contributed by atoms with Gasteiger partial charge in [-0.1, -0.05) is 13.8 Å². The largest absolute Gasteiger partial charge is 0.335 e. The van der Waals surface area contributed by atoms with Crippen LogP contribution >= 0.6 is 0 Å². The zero-order chi connectivity index (χ0) is 15.3. The lowest BCUT2D eigenvalue weighted by Gasteiger charge is -2.54. The van der Waals surface area contributed by atoms with Gasteiger partial charge >= 0.3 is 6.03 Å². The van der Waals surface area contributed by atoms with Gasteiger partial charge in [0.15, 0.2) is 0 Å². The van der Waals surface area contributed by atoms with Gasteiger partial charge < -0.3 is 10.2 Å². The van der Waals surface area contributed by atoms with Crippen molar-refractivity contribution >= 4 is 6.03 Å². The molecule has 5 fully saturated rings. The molecule has 5 rings (SSSR count).